The van der Waals surface area contributed by atoms with Gasteiger partial charge in [0.2, 0.25) is 0 Å². The van der Waals surface area contributed by atoms with Crippen LogP contribution in [0.3, 0.4) is 0 Å². The van der Waals surface area contributed by atoms with Crippen molar-refractivity contribution in [1.82, 2.24) is 0 Å². The normalized spacial score (nSPS) is 17.7. The lowest BCUT2D eigenvalue weighted by Crippen LogP contribution is -2.50. The molecule has 0 aliphatic rings. The predicted octanol–water partition coefficient (Wildman–Crippen LogP) is 0.591. The van der Waals surface area contributed by atoms with Gasteiger partial charge in [0.1, 0.15) is 24.4 Å². The van der Waals surface area contributed by atoms with Gasteiger partial charge in [-0.05, 0) is 27.7 Å². The molecule has 6 heteroatoms. The molecule has 0 spiro atoms. The maximum absolute atomic E-state index is 10.4. The fourth-order valence-electron chi connectivity index (χ4n) is 1.87. The van der Waals surface area contributed by atoms with Crippen LogP contribution in [0.1, 0.15) is 27.7 Å². The van der Waals surface area contributed by atoms with Gasteiger partial charge in [0, 0.05) is 26.4 Å². The minimum absolute atomic E-state index is 0.117. The molecule has 0 saturated heterocycles. The average Bonchev–Trinajstić information content (AvgIpc) is 2.45. The van der Waals surface area contributed by atoms with Gasteiger partial charge in [0.05, 0.1) is 13.2 Å². The second kappa shape index (κ2) is 12.5. The Morgan fingerprint density at radius 2 is 1.30 bits per heavy atom. The summed E-state index contributed by atoms with van der Waals surface area (Å²) in [5.41, 5.74) is 0. The lowest BCUT2D eigenvalue weighted by molar-refractivity contribution is -0.165. The first kappa shape index (κ1) is 19.8. The van der Waals surface area contributed by atoms with Gasteiger partial charge in [-0.15, -0.1) is 0 Å². The summed E-state index contributed by atoms with van der Waals surface area (Å²) >= 11 is 0. The summed E-state index contributed by atoms with van der Waals surface area (Å²) in [7, 11) is 0. The Hall–Kier alpha value is -0.240. The standard InChI is InChI=1S/C14H30O6/c1-5-17-9-11(15)14(20-8-4)13(16)12(19-7-3)10-18-6-2/h11-16H,5-10H2,1-4H3. The van der Waals surface area contributed by atoms with E-state index in [1.807, 2.05) is 27.7 Å². The zero-order valence-electron chi connectivity index (χ0n) is 13.1. The van der Waals surface area contributed by atoms with Crippen molar-refractivity contribution in [3.05, 3.63) is 0 Å². The molecule has 122 valence electrons. The first-order valence-electron chi connectivity index (χ1n) is 7.36. The van der Waals surface area contributed by atoms with E-state index in [0.29, 0.717) is 26.4 Å². The number of rotatable bonds is 13. The topological polar surface area (TPSA) is 77.4 Å². The molecule has 0 fully saturated rings. The lowest BCUT2D eigenvalue weighted by Gasteiger charge is -2.32. The van der Waals surface area contributed by atoms with E-state index in [1.165, 1.54) is 0 Å². The number of aliphatic hydroxyl groups excluding tert-OH is 2. The molecule has 0 rings (SSSR count). The number of aliphatic hydroxyl groups is 2. The summed E-state index contributed by atoms with van der Waals surface area (Å²) in [6.07, 6.45) is -3.18. The first-order valence-corrected chi connectivity index (χ1v) is 7.36. The van der Waals surface area contributed by atoms with E-state index in [9.17, 15) is 10.2 Å². The van der Waals surface area contributed by atoms with Gasteiger partial charge in [0.25, 0.3) is 0 Å². The average molecular weight is 294 g/mol. The Labute approximate surface area is 122 Å². The van der Waals surface area contributed by atoms with Gasteiger partial charge in [-0.1, -0.05) is 0 Å². The predicted molar refractivity (Wildman–Crippen MR) is 75.8 cm³/mol. The molecule has 0 aliphatic heterocycles. The van der Waals surface area contributed by atoms with Gasteiger partial charge in [-0.2, -0.15) is 0 Å². The van der Waals surface area contributed by atoms with Crippen molar-refractivity contribution in [2.45, 2.75) is 52.1 Å². The maximum Gasteiger partial charge on any atom is 0.114 e. The van der Waals surface area contributed by atoms with E-state index in [-0.39, 0.29) is 13.2 Å². The highest BCUT2D eigenvalue weighted by Crippen LogP contribution is 2.13. The molecule has 20 heavy (non-hydrogen) atoms. The molecule has 0 aromatic rings. The van der Waals surface area contributed by atoms with E-state index >= 15 is 0 Å². The molecular weight excluding hydrogens is 264 g/mol. The van der Waals surface area contributed by atoms with Crippen LogP contribution in [0.2, 0.25) is 0 Å². The van der Waals surface area contributed by atoms with Gasteiger partial charge < -0.3 is 29.2 Å². The van der Waals surface area contributed by atoms with Crippen LogP contribution in [0, 0.1) is 0 Å². The summed E-state index contributed by atoms with van der Waals surface area (Å²) in [5.74, 6) is 0. The number of ether oxygens (including phenoxy) is 4. The largest absolute Gasteiger partial charge is 0.388 e. The van der Waals surface area contributed by atoms with Crippen molar-refractivity contribution in [3.8, 4) is 0 Å². The molecule has 4 atom stereocenters. The molecule has 0 amide bonds. The van der Waals surface area contributed by atoms with Crippen LogP contribution in [0.25, 0.3) is 0 Å². The maximum atomic E-state index is 10.4. The van der Waals surface area contributed by atoms with E-state index in [2.05, 4.69) is 0 Å². The van der Waals surface area contributed by atoms with E-state index in [1.54, 1.807) is 0 Å². The third-order valence-electron chi connectivity index (χ3n) is 2.82. The quantitative estimate of drug-likeness (QED) is 0.518. The number of hydrogen-bond donors (Lipinski definition) is 2. The zero-order chi connectivity index (χ0) is 15.4. The van der Waals surface area contributed by atoms with Crippen molar-refractivity contribution in [3.63, 3.8) is 0 Å². The van der Waals surface area contributed by atoms with Crippen LogP contribution >= 0.6 is 0 Å². The Kier molecular flexibility index (Phi) is 12.3. The monoisotopic (exact) mass is 294 g/mol. The summed E-state index contributed by atoms with van der Waals surface area (Å²) in [5, 5.41) is 20.5. The van der Waals surface area contributed by atoms with E-state index in [0.717, 1.165) is 0 Å². The smallest absolute Gasteiger partial charge is 0.114 e. The Morgan fingerprint density at radius 3 is 1.80 bits per heavy atom. The molecule has 4 unspecified atom stereocenters. The van der Waals surface area contributed by atoms with Crippen LogP contribution < -0.4 is 0 Å². The molecule has 0 heterocycles. The van der Waals surface area contributed by atoms with Gasteiger partial charge in [-0.25, -0.2) is 0 Å². The summed E-state index contributed by atoms with van der Waals surface area (Å²) < 4.78 is 21.4. The van der Waals surface area contributed by atoms with Crippen LogP contribution in [-0.4, -0.2) is 74.3 Å². The van der Waals surface area contributed by atoms with Crippen LogP contribution in [0.4, 0.5) is 0 Å². The van der Waals surface area contributed by atoms with E-state index in [4.69, 9.17) is 18.9 Å². The van der Waals surface area contributed by atoms with Crippen LogP contribution in [0.5, 0.6) is 0 Å². The molecule has 2 N–H and O–H groups in total. The third kappa shape index (κ3) is 7.52. The van der Waals surface area contributed by atoms with Crippen molar-refractivity contribution >= 4 is 0 Å². The van der Waals surface area contributed by atoms with Gasteiger partial charge in [0.15, 0.2) is 0 Å². The highest BCUT2D eigenvalue weighted by atomic mass is 16.6. The second-order valence-electron chi connectivity index (χ2n) is 4.29. The molecule has 0 aromatic heterocycles. The Bertz CT molecular complexity index is 214. The highest BCUT2D eigenvalue weighted by molar-refractivity contribution is 4.83. The Balaban J connectivity index is 4.64. The minimum Gasteiger partial charge on any atom is -0.388 e. The highest BCUT2D eigenvalue weighted by Gasteiger charge is 2.34. The molecule has 0 radical (unpaired) electrons. The zero-order valence-corrected chi connectivity index (χ0v) is 13.1. The molecule has 0 aliphatic carbocycles. The van der Waals surface area contributed by atoms with Crippen LogP contribution in [-0.2, 0) is 18.9 Å². The summed E-state index contributed by atoms with van der Waals surface area (Å²) in [6.45, 7) is 9.63. The Morgan fingerprint density at radius 1 is 0.750 bits per heavy atom. The van der Waals surface area contributed by atoms with E-state index < -0.39 is 24.4 Å². The molecule has 0 aromatic carbocycles. The van der Waals surface area contributed by atoms with Crippen molar-refractivity contribution in [1.29, 1.82) is 0 Å². The van der Waals surface area contributed by atoms with Crippen molar-refractivity contribution in [2.24, 2.45) is 0 Å². The fraction of sp³-hybridized carbons (Fsp3) is 1.00. The summed E-state index contributed by atoms with van der Waals surface area (Å²) in [4.78, 5) is 0. The SMILES string of the molecule is CCOCC(O)C(OCC)C(O)C(COCC)OCC. The second-order valence-corrected chi connectivity index (χ2v) is 4.29. The van der Waals surface area contributed by atoms with Gasteiger partial charge in [-0.3, -0.25) is 0 Å². The van der Waals surface area contributed by atoms with Crippen molar-refractivity contribution in [2.75, 3.05) is 39.6 Å². The van der Waals surface area contributed by atoms with Crippen LogP contribution in [0.15, 0.2) is 0 Å². The molecule has 0 bridgehead atoms. The third-order valence-corrected chi connectivity index (χ3v) is 2.82. The van der Waals surface area contributed by atoms with Crippen molar-refractivity contribution < 1.29 is 29.2 Å². The summed E-state index contributed by atoms with van der Waals surface area (Å²) in [6, 6.07) is 0. The molecule has 6 nitrogen and oxygen atoms in total. The van der Waals surface area contributed by atoms with Gasteiger partial charge >= 0.3 is 0 Å². The number of hydrogen-bond acceptors (Lipinski definition) is 6. The molecule has 0 saturated carbocycles. The first-order chi connectivity index (χ1) is 9.62. The molecular formula is C14H30O6. The fourth-order valence-corrected chi connectivity index (χ4v) is 1.87. The minimum atomic E-state index is -0.975. The lowest BCUT2D eigenvalue weighted by atomic mass is 10.0.